The number of rotatable bonds is 3. The molecule has 3 heterocycles. The summed E-state index contributed by atoms with van der Waals surface area (Å²) >= 11 is 3.55. The Morgan fingerprint density at radius 1 is 1.29 bits per heavy atom. The molecular formula is C14H12BrN5O. The predicted molar refractivity (Wildman–Crippen MR) is 82.4 cm³/mol. The normalized spacial score (nSPS) is 13.2. The van der Waals surface area contributed by atoms with Crippen molar-refractivity contribution in [2.75, 3.05) is 11.9 Å². The van der Waals surface area contributed by atoms with Crippen LogP contribution in [-0.4, -0.2) is 26.5 Å². The van der Waals surface area contributed by atoms with Crippen LogP contribution in [0.4, 0.5) is 5.82 Å². The molecule has 7 heteroatoms. The number of nitrogens with one attached hydrogen (secondary N) is 2. The SMILES string of the molecule is Brc1cc2c(c(CNc3ncnc4nc[nH]c34)c1)OCC2. The van der Waals surface area contributed by atoms with Crippen molar-refractivity contribution in [3.63, 3.8) is 0 Å². The lowest BCUT2D eigenvalue weighted by Gasteiger charge is -2.11. The van der Waals surface area contributed by atoms with E-state index in [0.29, 0.717) is 12.2 Å². The van der Waals surface area contributed by atoms with Gasteiger partial charge >= 0.3 is 0 Å². The van der Waals surface area contributed by atoms with Gasteiger partial charge < -0.3 is 15.0 Å². The van der Waals surface area contributed by atoms with Crippen LogP contribution in [0.2, 0.25) is 0 Å². The van der Waals surface area contributed by atoms with Crippen molar-refractivity contribution >= 4 is 32.9 Å². The summed E-state index contributed by atoms with van der Waals surface area (Å²) in [6.45, 7) is 1.38. The first-order chi connectivity index (χ1) is 10.3. The summed E-state index contributed by atoms with van der Waals surface area (Å²) in [5.74, 6) is 1.73. The second-order valence-corrected chi connectivity index (χ2v) is 5.74. The first-order valence-electron chi connectivity index (χ1n) is 6.63. The van der Waals surface area contributed by atoms with Gasteiger partial charge in [-0.05, 0) is 17.7 Å². The van der Waals surface area contributed by atoms with Gasteiger partial charge in [-0.1, -0.05) is 15.9 Å². The average molecular weight is 346 g/mol. The standard InChI is InChI=1S/C14H12BrN5O/c15-10-3-8-1-2-21-12(8)9(4-10)5-16-13-11-14(18-6-17-11)20-7-19-13/h3-4,6-7H,1-2,5H2,(H2,16,17,18,19,20). The Hall–Kier alpha value is -2.15. The maximum absolute atomic E-state index is 5.73. The summed E-state index contributed by atoms with van der Waals surface area (Å²) in [6.07, 6.45) is 4.08. The van der Waals surface area contributed by atoms with Gasteiger partial charge in [-0.25, -0.2) is 15.0 Å². The van der Waals surface area contributed by atoms with E-state index in [1.165, 1.54) is 11.9 Å². The van der Waals surface area contributed by atoms with E-state index < -0.39 is 0 Å². The fourth-order valence-corrected chi connectivity index (χ4v) is 3.11. The number of hydrogen-bond acceptors (Lipinski definition) is 5. The molecule has 0 saturated carbocycles. The number of benzene rings is 1. The van der Waals surface area contributed by atoms with E-state index in [4.69, 9.17) is 4.74 Å². The van der Waals surface area contributed by atoms with Gasteiger partial charge in [-0.3, -0.25) is 0 Å². The van der Waals surface area contributed by atoms with Crippen molar-refractivity contribution in [1.29, 1.82) is 0 Å². The molecule has 0 atom stereocenters. The highest BCUT2D eigenvalue weighted by atomic mass is 79.9. The Morgan fingerprint density at radius 3 is 3.19 bits per heavy atom. The number of aromatic nitrogens is 4. The lowest BCUT2D eigenvalue weighted by molar-refractivity contribution is 0.354. The van der Waals surface area contributed by atoms with Crippen LogP contribution in [0.1, 0.15) is 11.1 Å². The maximum atomic E-state index is 5.73. The number of anilines is 1. The summed E-state index contributed by atoms with van der Waals surface area (Å²) in [6, 6.07) is 4.19. The molecule has 0 aliphatic carbocycles. The van der Waals surface area contributed by atoms with E-state index in [9.17, 15) is 0 Å². The Kier molecular flexibility index (Phi) is 2.99. The van der Waals surface area contributed by atoms with Gasteiger partial charge in [0.25, 0.3) is 0 Å². The minimum atomic E-state index is 0.632. The van der Waals surface area contributed by atoms with Crippen molar-refractivity contribution in [3.05, 3.63) is 40.4 Å². The van der Waals surface area contributed by atoms with E-state index in [0.717, 1.165) is 40.1 Å². The zero-order valence-corrected chi connectivity index (χ0v) is 12.6. The molecule has 2 aromatic heterocycles. The molecule has 1 aliphatic heterocycles. The van der Waals surface area contributed by atoms with Gasteiger partial charge in [-0.15, -0.1) is 0 Å². The number of halogens is 1. The number of hydrogen-bond donors (Lipinski definition) is 2. The van der Waals surface area contributed by atoms with Crippen molar-refractivity contribution in [2.24, 2.45) is 0 Å². The largest absolute Gasteiger partial charge is 0.493 e. The third kappa shape index (κ3) is 2.23. The lowest BCUT2D eigenvalue weighted by Crippen LogP contribution is -2.04. The van der Waals surface area contributed by atoms with Crippen LogP contribution in [0.15, 0.2) is 29.3 Å². The molecule has 4 rings (SSSR count). The van der Waals surface area contributed by atoms with E-state index in [1.54, 1.807) is 6.33 Å². The van der Waals surface area contributed by atoms with Crippen LogP contribution >= 0.6 is 15.9 Å². The smallest absolute Gasteiger partial charge is 0.182 e. The van der Waals surface area contributed by atoms with Crippen molar-refractivity contribution in [1.82, 2.24) is 19.9 Å². The number of imidazole rings is 1. The Labute approximate surface area is 129 Å². The summed E-state index contributed by atoms with van der Waals surface area (Å²) < 4.78 is 6.80. The molecule has 0 amide bonds. The van der Waals surface area contributed by atoms with Gasteiger partial charge in [0.05, 0.1) is 12.9 Å². The van der Waals surface area contributed by atoms with E-state index in [1.807, 2.05) is 0 Å². The Balaban J connectivity index is 1.64. The van der Waals surface area contributed by atoms with E-state index >= 15 is 0 Å². The predicted octanol–water partition coefficient (Wildman–Crippen LogP) is 2.66. The average Bonchev–Trinajstić information content (AvgIpc) is 3.12. The van der Waals surface area contributed by atoms with Gasteiger partial charge in [0.2, 0.25) is 0 Å². The Bertz CT molecular complexity index is 816. The second-order valence-electron chi connectivity index (χ2n) is 4.83. The number of H-pyrrole nitrogens is 1. The molecule has 0 unspecified atom stereocenters. The van der Waals surface area contributed by atoms with E-state index in [-0.39, 0.29) is 0 Å². The number of ether oxygens (including phenoxy) is 1. The molecule has 0 fully saturated rings. The minimum Gasteiger partial charge on any atom is -0.493 e. The number of nitrogens with zero attached hydrogens (tertiary/aromatic N) is 3. The van der Waals surface area contributed by atoms with E-state index in [2.05, 4.69) is 53.3 Å². The summed E-state index contributed by atoms with van der Waals surface area (Å²) in [7, 11) is 0. The molecule has 1 aliphatic rings. The van der Waals surface area contributed by atoms with Crippen molar-refractivity contribution < 1.29 is 4.74 Å². The Morgan fingerprint density at radius 2 is 2.24 bits per heavy atom. The topological polar surface area (TPSA) is 75.7 Å². The third-order valence-electron chi connectivity index (χ3n) is 3.49. The minimum absolute atomic E-state index is 0.632. The first-order valence-corrected chi connectivity index (χ1v) is 7.42. The molecule has 106 valence electrons. The zero-order valence-electron chi connectivity index (χ0n) is 11.1. The van der Waals surface area contributed by atoms with Crippen molar-refractivity contribution in [3.8, 4) is 5.75 Å². The monoisotopic (exact) mass is 345 g/mol. The zero-order chi connectivity index (χ0) is 14.2. The third-order valence-corrected chi connectivity index (χ3v) is 3.95. The molecule has 3 aromatic rings. The number of fused-ring (bicyclic) bond motifs is 2. The molecule has 0 spiro atoms. The lowest BCUT2D eigenvalue weighted by atomic mass is 10.1. The van der Waals surface area contributed by atoms with Gasteiger partial charge in [0.15, 0.2) is 11.5 Å². The molecule has 6 nitrogen and oxygen atoms in total. The van der Waals surface area contributed by atoms with Crippen LogP contribution in [0.3, 0.4) is 0 Å². The maximum Gasteiger partial charge on any atom is 0.182 e. The summed E-state index contributed by atoms with van der Waals surface area (Å²) in [4.78, 5) is 15.5. The molecule has 21 heavy (non-hydrogen) atoms. The fourth-order valence-electron chi connectivity index (χ4n) is 2.56. The highest BCUT2D eigenvalue weighted by Crippen LogP contribution is 2.33. The van der Waals surface area contributed by atoms with Crippen LogP contribution in [0.5, 0.6) is 5.75 Å². The van der Waals surface area contributed by atoms with Gasteiger partial charge in [0.1, 0.15) is 17.6 Å². The van der Waals surface area contributed by atoms with Gasteiger partial charge in [-0.2, -0.15) is 0 Å². The number of aromatic amines is 1. The van der Waals surface area contributed by atoms with Crippen LogP contribution in [-0.2, 0) is 13.0 Å². The molecule has 0 radical (unpaired) electrons. The summed E-state index contributed by atoms with van der Waals surface area (Å²) in [5.41, 5.74) is 3.83. The first kappa shape index (κ1) is 12.6. The van der Waals surface area contributed by atoms with Crippen LogP contribution in [0.25, 0.3) is 11.2 Å². The summed E-state index contributed by atoms with van der Waals surface area (Å²) in [5, 5.41) is 3.32. The molecule has 0 saturated heterocycles. The van der Waals surface area contributed by atoms with Crippen LogP contribution in [0, 0.1) is 0 Å². The fraction of sp³-hybridized carbons (Fsp3) is 0.214. The molecule has 2 N–H and O–H groups in total. The molecule has 1 aromatic carbocycles. The van der Waals surface area contributed by atoms with Gasteiger partial charge in [0, 0.05) is 23.0 Å². The quantitative estimate of drug-likeness (QED) is 0.763. The second kappa shape index (κ2) is 5.00. The van der Waals surface area contributed by atoms with Crippen LogP contribution < -0.4 is 10.1 Å². The molecule has 0 bridgehead atoms. The highest BCUT2D eigenvalue weighted by Gasteiger charge is 2.17. The van der Waals surface area contributed by atoms with Crippen molar-refractivity contribution in [2.45, 2.75) is 13.0 Å². The molecular weight excluding hydrogens is 334 g/mol. The highest BCUT2D eigenvalue weighted by molar-refractivity contribution is 9.10.